The highest BCUT2D eigenvalue weighted by atomic mass is 19.2. The van der Waals surface area contributed by atoms with Crippen LogP contribution in [0.2, 0.25) is 0 Å². The highest BCUT2D eigenvalue weighted by molar-refractivity contribution is 5.96. The van der Waals surface area contributed by atoms with E-state index in [4.69, 9.17) is 0 Å². The van der Waals surface area contributed by atoms with Crippen LogP contribution in [0.4, 0.5) is 4.48 Å². The van der Waals surface area contributed by atoms with Gasteiger partial charge in [-0.2, -0.15) is 5.54 Å². The molecule has 0 aliphatic rings. The lowest BCUT2D eigenvalue weighted by Gasteiger charge is -2.17. The van der Waals surface area contributed by atoms with Gasteiger partial charge in [0, 0.05) is 25.2 Å². The Morgan fingerprint density at radius 3 is 2.47 bits per heavy atom. The average molecular weight is 242 g/mol. The molecule has 0 aliphatic heterocycles. The molecule has 0 rings (SSSR count). The van der Waals surface area contributed by atoms with E-state index in [1.807, 2.05) is 13.1 Å². The van der Waals surface area contributed by atoms with Crippen molar-refractivity contribution in [1.29, 1.82) is 0 Å². The molecular formula is C14H27FN2. The van der Waals surface area contributed by atoms with E-state index in [1.54, 1.807) is 5.54 Å². The number of nitrogens with one attached hydrogen (secondary N) is 1. The largest absolute Gasteiger partial charge is 0.293 e. The van der Waals surface area contributed by atoms with Gasteiger partial charge in [-0.05, 0) is 31.3 Å². The lowest BCUT2D eigenvalue weighted by atomic mass is 9.90. The van der Waals surface area contributed by atoms with Crippen LogP contribution in [0.3, 0.4) is 0 Å². The normalized spacial score (nSPS) is 15.6. The number of rotatable bonds is 10. The fourth-order valence-electron chi connectivity index (χ4n) is 2.21. The first-order valence-electron chi connectivity index (χ1n) is 6.65. The fraction of sp³-hybridized carbons (Fsp3) is 0.786. The molecule has 0 saturated heterocycles. The summed E-state index contributed by atoms with van der Waals surface area (Å²) in [6.45, 7) is 8.57. The van der Waals surface area contributed by atoms with Gasteiger partial charge in [-0.3, -0.25) is 4.99 Å². The minimum Gasteiger partial charge on any atom is -0.293 e. The Morgan fingerprint density at radius 2 is 2.06 bits per heavy atom. The van der Waals surface area contributed by atoms with Crippen LogP contribution in [-0.4, -0.2) is 19.3 Å². The molecule has 0 radical (unpaired) electrons. The number of hydrogen-bond acceptors (Lipinski definition) is 2. The molecule has 0 aromatic heterocycles. The van der Waals surface area contributed by atoms with Crippen molar-refractivity contribution in [2.45, 2.75) is 46.0 Å². The summed E-state index contributed by atoms with van der Waals surface area (Å²) in [4.78, 5) is 4.26. The molecule has 1 unspecified atom stereocenters. The Labute approximate surface area is 105 Å². The van der Waals surface area contributed by atoms with Crippen molar-refractivity contribution in [3.05, 3.63) is 12.7 Å². The average Bonchev–Trinajstić information content (AvgIpc) is 2.36. The summed E-state index contributed by atoms with van der Waals surface area (Å²) in [5, 5.41) is 0. The Morgan fingerprint density at radius 1 is 1.35 bits per heavy atom. The van der Waals surface area contributed by atoms with Crippen LogP contribution in [0.25, 0.3) is 0 Å². The summed E-state index contributed by atoms with van der Waals surface area (Å²) >= 11 is 0. The highest BCUT2D eigenvalue weighted by Gasteiger charge is 2.12. The lowest BCUT2D eigenvalue weighted by molar-refractivity contribution is 0.277. The number of hydrogen-bond donors (Lipinski definition) is 1. The van der Waals surface area contributed by atoms with Crippen molar-refractivity contribution in [1.82, 2.24) is 5.54 Å². The third kappa shape index (κ3) is 6.57. The van der Waals surface area contributed by atoms with E-state index < -0.39 is 0 Å². The maximum atomic E-state index is 12.0. The fourth-order valence-corrected chi connectivity index (χ4v) is 2.21. The summed E-state index contributed by atoms with van der Waals surface area (Å²) in [6, 6.07) is 0. The topological polar surface area (TPSA) is 24.4 Å². The summed E-state index contributed by atoms with van der Waals surface area (Å²) < 4.78 is 12.0. The first-order valence-corrected chi connectivity index (χ1v) is 6.65. The summed E-state index contributed by atoms with van der Waals surface area (Å²) in [5.74, 6) is 0.955. The van der Waals surface area contributed by atoms with Crippen LogP contribution in [-0.2, 0) is 0 Å². The molecule has 0 aliphatic carbocycles. The van der Waals surface area contributed by atoms with Crippen molar-refractivity contribution < 1.29 is 4.48 Å². The first-order chi connectivity index (χ1) is 8.23. The van der Waals surface area contributed by atoms with Crippen molar-refractivity contribution in [2.75, 3.05) is 13.6 Å². The molecule has 1 N–H and O–H groups in total. The number of nitrogens with zero attached hydrogens (tertiary/aromatic N) is 1. The molecule has 100 valence electrons. The maximum Gasteiger partial charge on any atom is 0.0369 e. The highest BCUT2D eigenvalue weighted by Crippen LogP contribution is 2.19. The summed E-state index contributed by atoms with van der Waals surface area (Å²) in [5.41, 5.74) is 2.88. The SMILES string of the molecule is C=CC(=NC)C(CC)CCC[C@@H](CC)CNF. The second-order valence-electron chi connectivity index (χ2n) is 4.50. The maximum absolute atomic E-state index is 12.0. The molecule has 0 aromatic carbocycles. The molecule has 0 spiro atoms. The van der Waals surface area contributed by atoms with Crippen molar-refractivity contribution >= 4 is 5.71 Å². The van der Waals surface area contributed by atoms with Gasteiger partial charge in [-0.25, -0.2) is 0 Å². The first kappa shape index (κ1) is 16.3. The Bertz CT molecular complexity index is 226. The van der Waals surface area contributed by atoms with E-state index in [-0.39, 0.29) is 0 Å². The second kappa shape index (κ2) is 10.5. The molecule has 0 fully saturated rings. The molecule has 0 bridgehead atoms. The third-order valence-electron chi connectivity index (χ3n) is 3.49. The van der Waals surface area contributed by atoms with Gasteiger partial charge in [0.1, 0.15) is 0 Å². The van der Waals surface area contributed by atoms with Crippen LogP contribution >= 0.6 is 0 Å². The van der Waals surface area contributed by atoms with Gasteiger partial charge in [-0.1, -0.05) is 33.3 Å². The van der Waals surface area contributed by atoms with Gasteiger partial charge < -0.3 is 0 Å². The van der Waals surface area contributed by atoms with E-state index in [9.17, 15) is 4.48 Å². The zero-order chi connectivity index (χ0) is 13.1. The van der Waals surface area contributed by atoms with Gasteiger partial charge >= 0.3 is 0 Å². The summed E-state index contributed by atoms with van der Waals surface area (Å²) in [6.07, 6.45) is 7.32. The Kier molecular flexibility index (Phi) is 10.0. The number of aliphatic imine (C=N–C) groups is 1. The van der Waals surface area contributed by atoms with Crippen LogP contribution in [0.15, 0.2) is 17.6 Å². The number of halogens is 1. The molecule has 2 atom stereocenters. The van der Waals surface area contributed by atoms with Gasteiger partial charge in [-0.15, -0.1) is 4.48 Å². The van der Waals surface area contributed by atoms with E-state index in [0.717, 1.165) is 37.8 Å². The van der Waals surface area contributed by atoms with E-state index >= 15 is 0 Å². The van der Waals surface area contributed by atoms with Crippen molar-refractivity contribution in [2.24, 2.45) is 16.8 Å². The second-order valence-corrected chi connectivity index (χ2v) is 4.50. The minimum atomic E-state index is 0.447. The zero-order valence-electron chi connectivity index (χ0n) is 11.5. The van der Waals surface area contributed by atoms with Crippen LogP contribution in [0, 0.1) is 11.8 Å². The smallest absolute Gasteiger partial charge is 0.0369 e. The summed E-state index contributed by atoms with van der Waals surface area (Å²) in [7, 11) is 1.82. The van der Waals surface area contributed by atoms with Gasteiger partial charge in [0.2, 0.25) is 0 Å². The molecule has 3 heteroatoms. The quantitative estimate of drug-likeness (QED) is 0.455. The van der Waals surface area contributed by atoms with E-state index in [0.29, 0.717) is 18.4 Å². The molecule has 0 aromatic rings. The van der Waals surface area contributed by atoms with Gasteiger partial charge in [0.25, 0.3) is 0 Å². The molecular weight excluding hydrogens is 215 g/mol. The van der Waals surface area contributed by atoms with E-state index in [1.165, 1.54) is 0 Å². The molecule has 0 amide bonds. The molecule has 2 nitrogen and oxygen atoms in total. The van der Waals surface area contributed by atoms with Crippen molar-refractivity contribution in [3.8, 4) is 0 Å². The molecule has 17 heavy (non-hydrogen) atoms. The van der Waals surface area contributed by atoms with Gasteiger partial charge in [0.15, 0.2) is 0 Å². The predicted octanol–water partition coefficient (Wildman–Crippen LogP) is 3.94. The Hall–Kier alpha value is -0.700. The van der Waals surface area contributed by atoms with Crippen LogP contribution in [0.1, 0.15) is 46.0 Å². The van der Waals surface area contributed by atoms with E-state index in [2.05, 4.69) is 25.4 Å². The lowest BCUT2D eigenvalue weighted by Crippen LogP contribution is -2.16. The zero-order valence-corrected chi connectivity index (χ0v) is 11.5. The molecule has 0 saturated carbocycles. The molecule has 0 heterocycles. The third-order valence-corrected chi connectivity index (χ3v) is 3.49. The monoisotopic (exact) mass is 242 g/mol. The van der Waals surface area contributed by atoms with Gasteiger partial charge in [0.05, 0.1) is 0 Å². The Balaban J connectivity index is 4.02. The number of allylic oxidation sites excluding steroid dienone is 1. The van der Waals surface area contributed by atoms with Crippen molar-refractivity contribution in [3.63, 3.8) is 0 Å². The van der Waals surface area contributed by atoms with Crippen LogP contribution in [0.5, 0.6) is 0 Å². The predicted molar refractivity (Wildman–Crippen MR) is 74.1 cm³/mol. The minimum absolute atomic E-state index is 0.447. The standard InChI is InChI=1S/C14H27FN2/c1-5-12(11-17-15)9-8-10-13(6-2)14(7-3)16-4/h7,12-13,17H,3,5-6,8-11H2,1-2,4H3/t12-,13?/m1/s1. The van der Waals surface area contributed by atoms with Crippen LogP contribution < -0.4 is 5.54 Å².